The van der Waals surface area contributed by atoms with Crippen molar-refractivity contribution in [3.8, 4) is 0 Å². The van der Waals surface area contributed by atoms with Crippen molar-refractivity contribution in [3.63, 3.8) is 0 Å². The summed E-state index contributed by atoms with van der Waals surface area (Å²) in [5.74, 6) is 2.02. The molecule has 0 amide bonds. The number of carbonyl (C=O) groups excluding carboxylic acids is 2. The van der Waals surface area contributed by atoms with Crippen molar-refractivity contribution in [1.29, 1.82) is 0 Å². The summed E-state index contributed by atoms with van der Waals surface area (Å²) in [4.78, 5) is 40.8. The Hall–Kier alpha value is -1.49. The number of aliphatic carboxylic acids is 1. The van der Waals surface area contributed by atoms with Gasteiger partial charge in [0.15, 0.2) is 0 Å². The van der Waals surface area contributed by atoms with Gasteiger partial charge in [-0.3, -0.25) is 14.4 Å². The number of ketones is 2. The molecule has 7 saturated carbocycles. The molecular weight excluding hydrogens is 681 g/mol. The first-order chi connectivity index (χ1) is 25.5. The fraction of sp³-hybridized carbons (Fsp3) is 0.900. The Kier molecular flexibility index (Phi) is 9.17. The molecule has 55 heavy (non-hydrogen) atoms. The Morgan fingerprint density at radius 2 is 1.49 bits per heavy atom. The van der Waals surface area contributed by atoms with Gasteiger partial charge in [0.1, 0.15) is 11.6 Å². The lowest BCUT2D eigenvalue weighted by Crippen LogP contribution is -2.57. The maximum absolute atomic E-state index is 14.7. The number of carbonyl (C=O) groups is 3. The zero-order valence-corrected chi connectivity index (χ0v) is 36.7. The van der Waals surface area contributed by atoms with E-state index in [-0.39, 0.29) is 44.7 Å². The minimum absolute atomic E-state index is 0.0923. The number of fused-ring (bicyclic) bond motifs is 3. The van der Waals surface area contributed by atoms with E-state index in [1.165, 1.54) is 69.8 Å². The van der Waals surface area contributed by atoms with E-state index >= 15 is 0 Å². The predicted octanol–water partition coefficient (Wildman–Crippen LogP) is 11.8. The lowest BCUT2D eigenvalue weighted by Gasteiger charge is -2.62. The summed E-state index contributed by atoms with van der Waals surface area (Å²) >= 11 is 0. The van der Waals surface area contributed by atoms with Crippen LogP contribution in [-0.2, 0) is 14.4 Å². The molecule has 308 valence electrons. The monoisotopic (exact) mass is 759 g/mol. The molecule has 0 radical (unpaired) electrons. The maximum atomic E-state index is 14.7. The van der Waals surface area contributed by atoms with Gasteiger partial charge in [0.2, 0.25) is 0 Å². The lowest BCUT2D eigenvalue weighted by molar-refractivity contribution is -0.169. The molecule has 0 aromatic rings. The van der Waals surface area contributed by atoms with E-state index in [9.17, 15) is 24.6 Å². The maximum Gasteiger partial charge on any atom is 0.310 e. The van der Waals surface area contributed by atoms with Crippen molar-refractivity contribution >= 4 is 17.5 Å². The fourth-order valence-corrected chi connectivity index (χ4v) is 18.3. The van der Waals surface area contributed by atoms with Crippen LogP contribution < -0.4 is 0 Å². The average Bonchev–Trinajstić information content (AvgIpc) is 3.67. The van der Waals surface area contributed by atoms with Crippen LogP contribution in [0.15, 0.2) is 11.6 Å². The largest absolute Gasteiger partial charge is 0.481 e. The highest BCUT2D eigenvalue weighted by molar-refractivity contribution is 5.89. The number of hydrogen-bond acceptors (Lipinski definition) is 4. The van der Waals surface area contributed by atoms with Crippen molar-refractivity contribution in [1.82, 2.24) is 0 Å². The normalized spacial score (nSPS) is 51.3. The first-order valence-corrected chi connectivity index (χ1v) is 23.2. The summed E-state index contributed by atoms with van der Waals surface area (Å²) in [6, 6.07) is 0. The number of allylic oxidation sites excluding steroid dienone is 2. The van der Waals surface area contributed by atoms with E-state index in [1.807, 2.05) is 6.92 Å². The lowest BCUT2D eigenvalue weighted by atomic mass is 9.42. The Bertz CT molecular complexity index is 1650. The van der Waals surface area contributed by atoms with Crippen LogP contribution in [0.25, 0.3) is 0 Å². The Morgan fingerprint density at radius 3 is 2.20 bits per heavy atom. The van der Waals surface area contributed by atoms with E-state index in [2.05, 4.69) is 68.4 Å². The van der Waals surface area contributed by atoms with E-state index in [4.69, 9.17) is 0 Å². The number of Topliss-reactive ketones (excluding diaryl/α,β-unsaturated/α-hetero) is 2. The van der Waals surface area contributed by atoms with Crippen LogP contribution in [0.1, 0.15) is 191 Å². The highest BCUT2D eigenvalue weighted by atomic mass is 16.4. The summed E-state index contributed by atoms with van der Waals surface area (Å²) < 4.78 is 0. The van der Waals surface area contributed by atoms with E-state index < -0.39 is 22.9 Å². The Labute approximate surface area is 334 Å². The second-order valence-electron chi connectivity index (χ2n) is 24.4. The minimum Gasteiger partial charge on any atom is -0.481 e. The first-order valence-electron chi connectivity index (χ1n) is 23.2. The van der Waals surface area contributed by atoms with Gasteiger partial charge in [0, 0.05) is 24.2 Å². The van der Waals surface area contributed by atoms with Crippen LogP contribution in [0, 0.1) is 84.7 Å². The van der Waals surface area contributed by atoms with Crippen molar-refractivity contribution in [2.75, 3.05) is 0 Å². The summed E-state index contributed by atoms with van der Waals surface area (Å²) in [5.41, 5.74) is 0.817. The number of hydrogen-bond donors (Lipinski definition) is 2. The minimum atomic E-state index is -1.08. The summed E-state index contributed by atoms with van der Waals surface area (Å²) in [6.07, 6.45) is 21.4. The number of carboxylic acids is 1. The molecule has 5 nitrogen and oxygen atoms in total. The third-order valence-corrected chi connectivity index (χ3v) is 21.6. The quantitative estimate of drug-likeness (QED) is 0.241. The fourth-order valence-electron chi connectivity index (χ4n) is 18.3. The van der Waals surface area contributed by atoms with Gasteiger partial charge in [-0.25, -0.2) is 0 Å². The van der Waals surface area contributed by atoms with E-state index in [0.717, 1.165) is 38.5 Å². The average molecular weight is 759 g/mol. The standard InChI is InChI=1S/C50H78O5/c1-31(33-17-23-47(9)39-15-14-37-43(4,5)40(52)19-25-49(37)30-50(39,49)27-26-46(33,47)8)28-35(51)34-29-32(16-22-44(34,6)41(53)54)12-13-38-45(7)21-11-20-42(2,3)36(45)18-24-48(38,10)55/h16,31,33-34,36-39,55H,11-15,17-30H2,1-10H3,(H,53,54)/t31-,33-,34-,36+,37+,38-,39-,44+,45+,46-,47+,48-,49-,50+/m1/s1. The van der Waals surface area contributed by atoms with Gasteiger partial charge in [0.25, 0.3) is 0 Å². The molecule has 5 heteroatoms. The second kappa shape index (κ2) is 12.5. The van der Waals surface area contributed by atoms with Crippen molar-refractivity contribution in [3.05, 3.63) is 11.6 Å². The van der Waals surface area contributed by atoms with Gasteiger partial charge in [-0.15, -0.1) is 0 Å². The van der Waals surface area contributed by atoms with Crippen molar-refractivity contribution < 1.29 is 24.6 Å². The molecule has 0 bridgehead atoms. The first kappa shape index (κ1) is 40.3. The molecule has 2 N–H and O–H groups in total. The zero-order valence-electron chi connectivity index (χ0n) is 36.7. The number of aliphatic hydroxyl groups is 1. The molecule has 0 aromatic heterocycles. The summed E-state index contributed by atoms with van der Waals surface area (Å²) in [5, 5.41) is 22.5. The van der Waals surface area contributed by atoms with Gasteiger partial charge in [0.05, 0.1) is 11.0 Å². The zero-order chi connectivity index (χ0) is 40.0. The topological polar surface area (TPSA) is 91.7 Å². The summed E-state index contributed by atoms with van der Waals surface area (Å²) in [6.45, 7) is 23.2. The van der Waals surface area contributed by atoms with E-state index in [1.54, 1.807) is 0 Å². The van der Waals surface area contributed by atoms with Gasteiger partial charge < -0.3 is 10.2 Å². The molecule has 8 aliphatic rings. The number of carboxylic acid groups (broad SMARTS) is 1. The van der Waals surface area contributed by atoms with Gasteiger partial charge in [-0.2, -0.15) is 0 Å². The molecule has 8 rings (SSSR count). The van der Waals surface area contributed by atoms with Crippen molar-refractivity contribution in [2.24, 2.45) is 84.7 Å². The molecule has 0 aliphatic heterocycles. The van der Waals surface area contributed by atoms with Crippen LogP contribution in [0.4, 0.5) is 0 Å². The molecule has 2 spiro atoms. The third kappa shape index (κ3) is 5.40. The molecule has 8 aliphatic carbocycles. The molecule has 14 atom stereocenters. The van der Waals surface area contributed by atoms with Crippen LogP contribution in [0.2, 0.25) is 0 Å². The van der Waals surface area contributed by atoms with Gasteiger partial charge in [-0.05, 0) is 185 Å². The highest BCUT2D eigenvalue weighted by Crippen LogP contribution is 2.89. The highest BCUT2D eigenvalue weighted by Gasteiger charge is 2.82. The van der Waals surface area contributed by atoms with Crippen LogP contribution in [-0.4, -0.2) is 33.3 Å². The van der Waals surface area contributed by atoms with Crippen molar-refractivity contribution in [2.45, 2.75) is 197 Å². The number of rotatable bonds is 8. The molecular formula is C50H78O5. The Morgan fingerprint density at radius 1 is 0.800 bits per heavy atom. The smallest absolute Gasteiger partial charge is 0.310 e. The molecule has 0 saturated heterocycles. The second-order valence-corrected chi connectivity index (χ2v) is 24.4. The van der Waals surface area contributed by atoms with Gasteiger partial charge in [-0.1, -0.05) is 73.5 Å². The van der Waals surface area contributed by atoms with Crippen LogP contribution in [0.3, 0.4) is 0 Å². The van der Waals surface area contributed by atoms with Crippen LogP contribution in [0.5, 0.6) is 0 Å². The summed E-state index contributed by atoms with van der Waals surface area (Å²) in [7, 11) is 0. The van der Waals surface area contributed by atoms with Gasteiger partial charge >= 0.3 is 5.97 Å². The molecule has 0 unspecified atom stereocenters. The molecule has 0 heterocycles. The van der Waals surface area contributed by atoms with E-state index in [0.29, 0.717) is 59.5 Å². The molecule has 0 aromatic carbocycles. The predicted molar refractivity (Wildman–Crippen MR) is 219 cm³/mol. The third-order valence-electron chi connectivity index (χ3n) is 21.6. The Balaban J connectivity index is 0.969. The SMILES string of the molecule is C[C@H](CC(=O)[C@H]1CC(CC[C@@H]2[C@@]3(C)CCCC(C)(C)[C@@H]3CC[C@@]2(C)O)=CC[C@]1(C)C(=O)O)[C@H]1CC[C@@]2(C)[C@H]3CC[C@H]4C(C)(C)C(=O)CC[C@@]45C[C@@]35CC[C@]12C. The molecule has 7 fully saturated rings. The van der Waals surface area contributed by atoms with Crippen LogP contribution >= 0.6 is 0 Å².